The van der Waals surface area contributed by atoms with Gasteiger partial charge in [-0.15, -0.1) is 11.3 Å². The zero-order valence-electron chi connectivity index (χ0n) is 12.8. The lowest BCUT2D eigenvalue weighted by atomic mass is 10.2. The molecule has 0 spiro atoms. The number of nitrogens with zero attached hydrogens (tertiary/aromatic N) is 3. The van der Waals surface area contributed by atoms with Gasteiger partial charge in [-0.25, -0.2) is 4.98 Å². The van der Waals surface area contributed by atoms with Gasteiger partial charge < -0.3 is 9.64 Å². The molecule has 23 heavy (non-hydrogen) atoms. The van der Waals surface area contributed by atoms with Crippen LogP contribution >= 0.6 is 11.3 Å². The minimum absolute atomic E-state index is 0.0779. The molecular formula is C16H17N3O3S. The normalized spacial score (nSPS) is 14.1. The van der Waals surface area contributed by atoms with Gasteiger partial charge in [0.2, 0.25) is 5.91 Å². The molecule has 0 atom stereocenters. The van der Waals surface area contributed by atoms with E-state index in [9.17, 15) is 9.59 Å². The van der Waals surface area contributed by atoms with Crippen LogP contribution in [0.15, 0.2) is 35.8 Å². The number of rotatable bonds is 5. The molecule has 0 bridgehead atoms. The van der Waals surface area contributed by atoms with Gasteiger partial charge in [0.25, 0.3) is 5.91 Å². The molecule has 2 aromatic rings. The molecule has 2 amide bonds. The molecule has 6 nitrogen and oxygen atoms in total. The highest BCUT2D eigenvalue weighted by molar-refractivity contribution is 7.13. The topological polar surface area (TPSA) is 62.7 Å². The van der Waals surface area contributed by atoms with Gasteiger partial charge in [-0.3, -0.25) is 14.5 Å². The molecule has 0 N–H and O–H groups in total. The summed E-state index contributed by atoms with van der Waals surface area (Å²) in [6.45, 7) is 0.911. The summed E-state index contributed by atoms with van der Waals surface area (Å²) in [5.74, 6) is 0.591. The van der Waals surface area contributed by atoms with Crippen molar-refractivity contribution in [2.75, 3.05) is 25.2 Å². The van der Waals surface area contributed by atoms with E-state index in [-0.39, 0.29) is 18.5 Å². The van der Waals surface area contributed by atoms with E-state index in [4.69, 9.17) is 4.74 Å². The molecule has 3 rings (SSSR count). The number of likely N-dealkylation sites (tertiary alicyclic amines) is 1. The van der Waals surface area contributed by atoms with Crippen LogP contribution in [0.3, 0.4) is 0 Å². The number of hydrogen-bond donors (Lipinski definition) is 0. The van der Waals surface area contributed by atoms with Crippen LogP contribution in [0.2, 0.25) is 0 Å². The van der Waals surface area contributed by atoms with Crippen LogP contribution in [0.1, 0.15) is 23.2 Å². The molecule has 0 radical (unpaired) electrons. The Labute approximate surface area is 138 Å². The number of methoxy groups -OCH3 is 1. The highest BCUT2D eigenvalue weighted by Crippen LogP contribution is 2.23. The first-order valence-corrected chi connectivity index (χ1v) is 8.20. The molecule has 1 aliphatic rings. The molecule has 1 aromatic carbocycles. The number of ether oxygens (including phenoxy) is 1. The Bertz CT molecular complexity index is 685. The lowest BCUT2D eigenvalue weighted by Gasteiger charge is -2.26. The van der Waals surface area contributed by atoms with Gasteiger partial charge >= 0.3 is 0 Å². The summed E-state index contributed by atoms with van der Waals surface area (Å²) in [6, 6.07) is 6.92. The fourth-order valence-corrected chi connectivity index (χ4v) is 3.11. The second kappa shape index (κ2) is 6.78. The van der Waals surface area contributed by atoms with Crippen molar-refractivity contribution >= 4 is 28.3 Å². The Kier molecular flexibility index (Phi) is 4.57. The summed E-state index contributed by atoms with van der Waals surface area (Å²) < 4.78 is 5.12. The summed E-state index contributed by atoms with van der Waals surface area (Å²) in [7, 11) is 1.58. The number of carbonyl (C=O) groups is 2. The average molecular weight is 331 g/mol. The van der Waals surface area contributed by atoms with E-state index >= 15 is 0 Å². The van der Waals surface area contributed by atoms with Crippen molar-refractivity contribution in [3.63, 3.8) is 0 Å². The van der Waals surface area contributed by atoms with Crippen molar-refractivity contribution in [1.29, 1.82) is 0 Å². The van der Waals surface area contributed by atoms with Crippen molar-refractivity contribution < 1.29 is 14.3 Å². The summed E-state index contributed by atoms with van der Waals surface area (Å²) in [4.78, 5) is 32.2. The Morgan fingerprint density at radius 3 is 2.74 bits per heavy atom. The first-order valence-electron chi connectivity index (χ1n) is 7.32. The van der Waals surface area contributed by atoms with Gasteiger partial charge in [0.15, 0.2) is 5.13 Å². The van der Waals surface area contributed by atoms with Crippen LogP contribution in [0.4, 0.5) is 5.13 Å². The second-order valence-corrected chi connectivity index (χ2v) is 6.05. The van der Waals surface area contributed by atoms with Gasteiger partial charge in [-0.1, -0.05) is 0 Å². The molecule has 0 aliphatic carbocycles. The summed E-state index contributed by atoms with van der Waals surface area (Å²) in [5, 5.41) is 2.40. The number of hydrogen-bond acceptors (Lipinski definition) is 5. The first-order chi connectivity index (χ1) is 11.2. The van der Waals surface area contributed by atoms with E-state index < -0.39 is 0 Å². The summed E-state index contributed by atoms with van der Waals surface area (Å²) >= 11 is 1.38. The number of carbonyl (C=O) groups excluding carboxylic acids is 2. The van der Waals surface area contributed by atoms with E-state index in [1.165, 1.54) is 11.3 Å². The van der Waals surface area contributed by atoms with E-state index in [0.717, 1.165) is 6.42 Å². The van der Waals surface area contributed by atoms with E-state index in [2.05, 4.69) is 4.98 Å². The molecule has 0 saturated carbocycles. The van der Waals surface area contributed by atoms with Crippen LogP contribution < -0.4 is 9.64 Å². The van der Waals surface area contributed by atoms with Crippen LogP contribution in [-0.2, 0) is 4.79 Å². The van der Waals surface area contributed by atoms with E-state index in [1.54, 1.807) is 47.4 Å². The number of anilines is 1. The predicted molar refractivity (Wildman–Crippen MR) is 87.7 cm³/mol. The fraction of sp³-hybridized carbons (Fsp3) is 0.312. The largest absolute Gasteiger partial charge is 0.497 e. The quantitative estimate of drug-likeness (QED) is 0.844. The third-order valence-corrected chi connectivity index (χ3v) is 4.51. The monoisotopic (exact) mass is 331 g/mol. The molecule has 2 heterocycles. The second-order valence-electron chi connectivity index (χ2n) is 5.18. The average Bonchev–Trinajstić information content (AvgIpc) is 3.24. The van der Waals surface area contributed by atoms with Crippen LogP contribution in [0, 0.1) is 0 Å². The van der Waals surface area contributed by atoms with Crippen molar-refractivity contribution in [3.8, 4) is 5.75 Å². The third-order valence-electron chi connectivity index (χ3n) is 3.72. The minimum atomic E-state index is -0.178. The van der Waals surface area contributed by atoms with Crippen molar-refractivity contribution in [3.05, 3.63) is 41.4 Å². The Hall–Kier alpha value is -2.41. The SMILES string of the molecule is COc1ccc(C(=O)N(CN2CCCC2=O)c2nccs2)cc1. The lowest BCUT2D eigenvalue weighted by molar-refractivity contribution is -0.127. The Morgan fingerprint density at radius 1 is 1.39 bits per heavy atom. The van der Waals surface area contributed by atoms with Crippen molar-refractivity contribution in [2.45, 2.75) is 12.8 Å². The zero-order chi connectivity index (χ0) is 16.2. The zero-order valence-corrected chi connectivity index (χ0v) is 13.6. The summed E-state index contributed by atoms with van der Waals surface area (Å²) in [6.07, 6.45) is 3.03. The maximum Gasteiger partial charge on any atom is 0.261 e. The Morgan fingerprint density at radius 2 is 2.17 bits per heavy atom. The van der Waals surface area contributed by atoms with Crippen molar-refractivity contribution in [2.24, 2.45) is 0 Å². The molecular weight excluding hydrogens is 314 g/mol. The minimum Gasteiger partial charge on any atom is -0.497 e. The molecule has 1 aromatic heterocycles. The van der Waals surface area contributed by atoms with Gasteiger partial charge in [0, 0.05) is 30.1 Å². The number of thiazole rings is 1. The molecule has 1 fully saturated rings. The maximum atomic E-state index is 12.9. The maximum absolute atomic E-state index is 12.9. The van der Waals surface area contributed by atoms with E-state index in [0.29, 0.717) is 29.4 Å². The Balaban J connectivity index is 1.84. The van der Waals surface area contributed by atoms with Gasteiger partial charge in [-0.2, -0.15) is 0 Å². The first kappa shape index (κ1) is 15.5. The lowest BCUT2D eigenvalue weighted by Crippen LogP contribution is -2.42. The van der Waals surface area contributed by atoms with Gasteiger partial charge in [-0.05, 0) is 30.7 Å². The summed E-state index contributed by atoms with van der Waals surface area (Å²) in [5.41, 5.74) is 0.535. The molecule has 1 saturated heterocycles. The van der Waals surface area contributed by atoms with E-state index in [1.807, 2.05) is 5.38 Å². The van der Waals surface area contributed by atoms with Crippen molar-refractivity contribution in [1.82, 2.24) is 9.88 Å². The highest BCUT2D eigenvalue weighted by Gasteiger charge is 2.27. The van der Waals surface area contributed by atoms with Crippen LogP contribution in [0.25, 0.3) is 0 Å². The van der Waals surface area contributed by atoms with Gasteiger partial charge in [0.05, 0.1) is 7.11 Å². The molecule has 1 aliphatic heterocycles. The fourth-order valence-electron chi connectivity index (χ4n) is 2.47. The van der Waals surface area contributed by atoms with Crippen LogP contribution in [-0.4, -0.2) is 42.0 Å². The highest BCUT2D eigenvalue weighted by atomic mass is 32.1. The number of aromatic nitrogens is 1. The number of benzene rings is 1. The number of amides is 2. The molecule has 0 unspecified atom stereocenters. The standard InChI is InChI=1S/C16H17N3O3S/c1-22-13-6-4-12(5-7-13)15(21)19(16-17-8-10-23-16)11-18-9-2-3-14(18)20/h4-8,10H,2-3,9,11H2,1H3. The smallest absolute Gasteiger partial charge is 0.261 e. The van der Waals surface area contributed by atoms with Crippen LogP contribution in [0.5, 0.6) is 5.75 Å². The third kappa shape index (κ3) is 3.34. The van der Waals surface area contributed by atoms with Gasteiger partial charge in [0.1, 0.15) is 12.4 Å². The molecule has 7 heteroatoms. The molecule has 120 valence electrons. The predicted octanol–water partition coefficient (Wildman–Crippen LogP) is 2.38.